The van der Waals surface area contributed by atoms with Crippen molar-refractivity contribution in [1.29, 1.82) is 0 Å². The van der Waals surface area contributed by atoms with E-state index >= 15 is 0 Å². The van der Waals surface area contributed by atoms with Crippen LogP contribution in [0, 0.1) is 19.8 Å². The second-order valence-corrected chi connectivity index (χ2v) is 9.12. The molecule has 0 spiro atoms. The van der Waals surface area contributed by atoms with Gasteiger partial charge in [-0.3, -0.25) is 14.9 Å². The second-order valence-electron chi connectivity index (χ2n) is 9.12. The molecule has 0 radical (unpaired) electrons. The lowest BCUT2D eigenvalue weighted by Crippen LogP contribution is -2.30. The first-order valence-corrected chi connectivity index (χ1v) is 12.0. The number of carbonyl (C=O) groups is 2. The van der Waals surface area contributed by atoms with Gasteiger partial charge >= 0.3 is 0 Å². The summed E-state index contributed by atoms with van der Waals surface area (Å²) in [7, 11) is 0. The molecule has 5 rings (SSSR count). The van der Waals surface area contributed by atoms with Crippen molar-refractivity contribution in [1.82, 2.24) is 25.3 Å². The number of hydrogen-bond acceptors (Lipinski definition) is 6. The lowest BCUT2D eigenvalue weighted by Gasteiger charge is -2.22. The van der Waals surface area contributed by atoms with E-state index in [4.69, 9.17) is 4.74 Å². The number of benzene rings is 2. The fourth-order valence-electron chi connectivity index (χ4n) is 4.35. The third kappa shape index (κ3) is 5.23. The standard InChI is InChI=1S/C26H29N7O3/c1-15-3-5-19(16(2)11-15)30-24(34)22-23(29-14-28-22)25(35)33-26-31-20-6-4-18(12-21(20)32-26)36-13-17-7-9-27-10-8-17/h3-6,11-12,14,17,27H,7-10,13H2,1-2H3,(H,28,29)(H,30,34)(H2,31,32,33,35). The normalized spacial score (nSPS) is 14.1. The molecule has 1 aliphatic rings. The third-order valence-corrected chi connectivity index (χ3v) is 6.34. The molecule has 1 fully saturated rings. The van der Waals surface area contributed by atoms with Crippen molar-refractivity contribution in [3.63, 3.8) is 0 Å². The number of carbonyl (C=O) groups excluding carboxylic acids is 2. The first-order valence-electron chi connectivity index (χ1n) is 12.0. The molecule has 1 aliphatic heterocycles. The summed E-state index contributed by atoms with van der Waals surface area (Å²) in [4.78, 5) is 40.1. The van der Waals surface area contributed by atoms with E-state index in [9.17, 15) is 9.59 Å². The highest BCUT2D eigenvalue weighted by Crippen LogP contribution is 2.23. The zero-order chi connectivity index (χ0) is 25.1. The number of anilines is 2. The number of aromatic amines is 2. The van der Waals surface area contributed by atoms with E-state index in [-0.39, 0.29) is 17.3 Å². The Morgan fingerprint density at radius 2 is 1.89 bits per heavy atom. The fraction of sp³-hybridized carbons (Fsp3) is 0.308. The van der Waals surface area contributed by atoms with E-state index in [2.05, 4.69) is 35.9 Å². The number of piperidine rings is 1. The summed E-state index contributed by atoms with van der Waals surface area (Å²) >= 11 is 0. The van der Waals surface area contributed by atoms with E-state index in [0.717, 1.165) is 48.3 Å². The van der Waals surface area contributed by atoms with Gasteiger partial charge in [0.05, 0.1) is 24.0 Å². The monoisotopic (exact) mass is 487 g/mol. The molecule has 0 aliphatic carbocycles. The number of hydrogen-bond donors (Lipinski definition) is 5. The van der Waals surface area contributed by atoms with Crippen LogP contribution in [0.5, 0.6) is 5.75 Å². The SMILES string of the molecule is Cc1ccc(NC(=O)c2nc[nH]c2C(=O)Nc2nc3ccc(OCC4CCNCC4)cc3[nH]2)c(C)c1. The maximum atomic E-state index is 12.9. The highest BCUT2D eigenvalue weighted by Gasteiger charge is 2.22. The number of aryl methyl sites for hydroxylation is 2. The Hall–Kier alpha value is -4.18. The van der Waals surface area contributed by atoms with Crippen LogP contribution in [-0.2, 0) is 0 Å². The van der Waals surface area contributed by atoms with Crippen LogP contribution in [0.4, 0.5) is 11.6 Å². The minimum absolute atomic E-state index is 0.00261. The molecule has 3 heterocycles. The zero-order valence-electron chi connectivity index (χ0n) is 20.3. The van der Waals surface area contributed by atoms with Crippen molar-refractivity contribution in [2.45, 2.75) is 26.7 Å². The van der Waals surface area contributed by atoms with Gasteiger partial charge in [0, 0.05) is 11.8 Å². The molecule has 2 amide bonds. The first kappa shape index (κ1) is 23.6. The Morgan fingerprint density at radius 1 is 1.06 bits per heavy atom. The van der Waals surface area contributed by atoms with E-state index in [1.54, 1.807) is 0 Å². The number of aromatic nitrogens is 4. The van der Waals surface area contributed by atoms with Gasteiger partial charge in [-0.05, 0) is 69.5 Å². The maximum absolute atomic E-state index is 12.9. The number of fused-ring (bicyclic) bond motifs is 1. The van der Waals surface area contributed by atoms with Crippen molar-refractivity contribution in [3.8, 4) is 5.75 Å². The lowest BCUT2D eigenvalue weighted by molar-refractivity contribution is 0.0985. The summed E-state index contributed by atoms with van der Waals surface area (Å²) in [6, 6.07) is 11.3. The average molecular weight is 488 g/mol. The Morgan fingerprint density at radius 3 is 2.69 bits per heavy atom. The Bertz CT molecular complexity index is 1400. The summed E-state index contributed by atoms with van der Waals surface area (Å²) in [6.07, 6.45) is 3.54. The number of ether oxygens (including phenoxy) is 1. The van der Waals surface area contributed by atoms with Gasteiger partial charge in [-0.2, -0.15) is 0 Å². The van der Waals surface area contributed by atoms with Crippen LogP contribution in [0.1, 0.15) is 44.9 Å². The Labute approximate surface area is 208 Å². The summed E-state index contributed by atoms with van der Waals surface area (Å²) < 4.78 is 5.99. The molecule has 10 nitrogen and oxygen atoms in total. The van der Waals surface area contributed by atoms with Crippen LogP contribution in [0.2, 0.25) is 0 Å². The first-order chi connectivity index (χ1) is 17.5. The van der Waals surface area contributed by atoms with E-state index in [1.807, 2.05) is 50.2 Å². The number of rotatable bonds is 7. The second kappa shape index (κ2) is 10.2. The molecule has 4 aromatic rings. The van der Waals surface area contributed by atoms with Crippen LogP contribution in [0.25, 0.3) is 11.0 Å². The van der Waals surface area contributed by atoms with Gasteiger partial charge in [-0.25, -0.2) is 9.97 Å². The highest BCUT2D eigenvalue weighted by molar-refractivity contribution is 6.13. The van der Waals surface area contributed by atoms with Crippen molar-refractivity contribution in [2.75, 3.05) is 30.3 Å². The topological polar surface area (TPSA) is 137 Å². The van der Waals surface area contributed by atoms with Crippen LogP contribution >= 0.6 is 0 Å². The van der Waals surface area contributed by atoms with E-state index in [1.165, 1.54) is 6.33 Å². The minimum Gasteiger partial charge on any atom is -0.493 e. The van der Waals surface area contributed by atoms with E-state index < -0.39 is 11.8 Å². The molecular weight excluding hydrogens is 458 g/mol. The lowest BCUT2D eigenvalue weighted by atomic mass is 9.99. The highest BCUT2D eigenvalue weighted by atomic mass is 16.5. The number of nitrogens with zero attached hydrogens (tertiary/aromatic N) is 2. The molecule has 0 bridgehead atoms. The predicted molar refractivity (Wildman–Crippen MR) is 138 cm³/mol. The molecule has 10 heteroatoms. The van der Waals surface area contributed by atoms with Crippen molar-refractivity contribution in [2.24, 2.45) is 5.92 Å². The van der Waals surface area contributed by atoms with E-state index in [0.29, 0.717) is 23.7 Å². The predicted octanol–water partition coefficient (Wildman–Crippen LogP) is 3.79. The molecule has 2 aromatic carbocycles. The molecule has 0 unspecified atom stereocenters. The molecule has 186 valence electrons. The molecule has 0 atom stereocenters. The zero-order valence-corrected chi connectivity index (χ0v) is 20.3. The number of nitrogens with one attached hydrogen (secondary N) is 5. The number of imidazole rings is 2. The van der Waals surface area contributed by atoms with Gasteiger partial charge in [0.25, 0.3) is 11.8 Å². The quantitative estimate of drug-likeness (QED) is 0.269. The smallest absolute Gasteiger partial charge is 0.276 e. The largest absolute Gasteiger partial charge is 0.493 e. The summed E-state index contributed by atoms with van der Waals surface area (Å²) in [5, 5.41) is 8.89. The van der Waals surface area contributed by atoms with Gasteiger partial charge in [0.15, 0.2) is 5.69 Å². The number of H-pyrrole nitrogens is 2. The van der Waals surface area contributed by atoms with Gasteiger partial charge in [-0.1, -0.05) is 17.7 Å². The molecule has 5 N–H and O–H groups in total. The molecular formula is C26H29N7O3. The Balaban J connectivity index is 1.25. The van der Waals surface area contributed by atoms with Gasteiger partial charge < -0.3 is 25.3 Å². The fourth-order valence-corrected chi connectivity index (χ4v) is 4.35. The van der Waals surface area contributed by atoms with Crippen molar-refractivity contribution < 1.29 is 14.3 Å². The van der Waals surface area contributed by atoms with Gasteiger partial charge in [-0.15, -0.1) is 0 Å². The summed E-state index contributed by atoms with van der Waals surface area (Å²) in [6.45, 7) is 6.63. The molecule has 1 saturated heterocycles. The van der Waals surface area contributed by atoms with Gasteiger partial charge in [0.2, 0.25) is 5.95 Å². The van der Waals surface area contributed by atoms with Crippen molar-refractivity contribution >= 4 is 34.5 Å². The van der Waals surface area contributed by atoms with Gasteiger partial charge in [0.1, 0.15) is 11.4 Å². The van der Waals surface area contributed by atoms with Crippen LogP contribution in [-0.4, -0.2) is 51.4 Å². The van der Waals surface area contributed by atoms with Crippen LogP contribution < -0.4 is 20.7 Å². The summed E-state index contributed by atoms with van der Waals surface area (Å²) in [5.41, 5.74) is 4.15. The minimum atomic E-state index is -0.528. The van der Waals surface area contributed by atoms with Crippen molar-refractivity contribution in [3.05, 3.63) is 65.2 Å². The van der Waals surface area contributed by atoms with Crippen LogP contribution in [0.15, 0.2) is 42.7 Å². The van der Waals surface area contributed by atoms with Crippen LogP contribution in [0.3, 0.4) is 0 Å². The average Bonchev–Trinajstić information content (AvgIpc) is 3.52. The number of amides is 2. The molecule has 0 saturated carbocycles. The summed E-state index contributed by atoms with van der Waals surface area (Å²) in [5.74, 6) is 0.560. The third-order valence-electron chi connectivity index (χ3n) is 6.34. The maximum Gasteiger partial charge on any atom is 0.276 e. The Kier molecular flexibility index (Phi) is 6.68. The molecule has 2 aromatic heterocycles. The molecule has 36 heavy (non-hydrogen) atoms.